The molecule has 1 aromatic heterocycles. The molecule has 106 valence electrons. The third-order valence-electron chi connectivity index (χ3n) is 2.74. The molecule has 1 amide bonds. The highest BCUT2D eigenvalue weighted by Gasteiger charge is 2.14. The van der Waals surface area contributed by atoms with Gasteiger partial charge in [0.1, 0.15) is 11.5 Å². The molecule has 0 bridgehead atoms. The summed E-state index contributed by atoms with van der Waals surface area (Å²) in [5.41, 5.74) is 0. The third-order valence-corrected chi connectivity index (χ3v) is 3.83. The highest BCUT2D eigenvalue weighted by atomic mass is 32.2. The van der Waals surface area contributed by atoms with Crippen molar-refractivity contribution < 1.29 is 13.9 Å². The van der Waals surface area contributed by atoms with E-state index >= 15 is 0 Å². The molecule has 2 aromatic rings. The van der Waals surface area contributed by atoms with Crippen molar-refractivity contribution in [2.45, 2.75) is 23.6 Å². The summed E-state index contributed by atoms with van der Waals surface area (Å²) in [5, 5.41) is 2.67. The van der Waals surface area contributed by atoms with Crippen molar-refractivity contribution >= 4 is 17.7 Å². The topological polar surface area (TPSA) is 51.5 Å². The molecule has 0 spiro atoms. The Morgan fingerprint density at radius 1 is 1.40 bits per heavy atom. The molecule has 4 nitrogen and oxygen atoms in total. The van der Waals surface area contributed by atoms with Crippen LogP contribution in [0.2, 0.25) is 0 Å². The maximum absolute atomic E-state index is 12.0. The van der Waals surface area contributed by atoms with Gasteiger partial charge in [0.05, 0.1) is 25.2 Å². The Balaban J connectivity index is 1.86. The van der Waals surface area contributed by atoms with Gasteiger partial charge in [-0.25, -0.2) is 0 Å². The van der Waals surface area contributed by atoms with Gasteiger partial charge in [-0.15, -0.1) is 11.8 Å². The molecule has 1 aromatic carbocycles. The lowest BCUT2D eigenvalue weighted by Gasteiger charge is -2.11. The van der Waals surface area contributed by atoms with Gasteiger partial charge >= 0.3 is 0 Å². The average Bonchev–Trinajstić information content (AvgIpc) is 2.98. The quantitative estimate of drug-likeness (QED) is 0.831. The summed E-state index contributed by atoms with van der Waals surface area (Å²) in [6.07, 6.45) is 1.59. The summed E-state index contributed by atoms with van der Waals surface area (Å²) in [6, 6.07) is 11.3. The van der Waals surface area contributed by atoms with Crippen LogP contribution in [0.25, 0.3) is 0 Å². The van der Waals surface area contributed by atoms with Gasteiger partial charge in [0.15, 0.2) is 0 Å². The number of carbonyl (C=O) groups is 1. The first-order chi connectivity index (χ1) is 9.69. The van der Waals surface area contributed by atoms with Crippen LogP contribution in [0.15, 0.2) is 52.0 Å². The molecular weight excluding hydrogens is 274 g/mol. The van der Waals surface area contributed by atoms with Crippen LogP contribution in [0.3, 0.4) is 0 Å². The van der Waals surface area contributed by atoms with Crippen molar-refractivity contribution in [1.29, 1.82) is 0 Å². The van der Waals surface area contributed by atoms with Crippen molar-refractivity contribution in [3.05, 3.63) is 48.4 Å². The van der Waals surface area contributed by atoms with Crippen molar-refractivity contribution in [3.63, 3.8) is 0 Å². The number of furan rings is 1. The van der Waals surface area contributed by atoms with Gasteiger partial charge in [0.25, 0.3) is 0 Å². The van der Waals surface area contributed by atoms with E-state index < -0.39 is 0 Å². The van der Waals surface area contributed by atoms with Gasteiger partial charge < -0.3 is 14.5 Å². The second kappa shape index (κ2) is 7.05. The normalized spacial score (nSPS) is 11.9. The highest BCUT2D eigenvalue weighted by molar-refractivity contribution is 8.00. The molecule has 1 N–H and O–H groups in total. The smallest absolute Gasteiger partial charge is 0.233 e. The van der Waals surface area contributed by atoms with Crippen LogP contribution in [-0.2, 0) is 11.3 Å². The summed E-state index contributed by atoms with van der Waals surface area (Å²) in [6.45, 7) is 2.29. The lowest BCUT2D eigenvalue weighted by atomic mass is 10.3. The van der Waals surface area contributed by atoms with Crippen LogP contribution in [0.1, 0.15) is 12.7 Å². The fourth-order valence-corrected chi connectivity index (χ4v) is 2.60. The fraction of sp³-hybridized carbons (Fsp3) is 0.267. The van der Waals surface area contributed by atoms with Gasteiger partial charge in [-0.2, -0.15) is 0 Å². The fourth-order valence-electron chi connectivity index (χ4n) is 1.66. The van der Waals surface area contributed by atoms with Gasteiger partial charge in [-0.1, -0.05) is 6.07 Å². The summed E-state index contributed by atoms with van der Waals surface area (Å²) in [4.78, 5) is 13.0. The Morgan fingerprint density at radius 3 is 2.95 bits per heavy atom. The molecule has 1 heterocycles. The number of methoxy groups -OCH3 is 1. The zero-order chi connectivity index (χ0) is 14.4. The number of carbonyl (C=O) groups excluding carboxylic acids is 1. The summed E-state index contributed by atoms with van der Waals surface area (Å²) in [5.74, 6) is 1.52. The number of rotatable bonds is 6. The number of benzene rings is 1. The maximum atomic E-state index is 12.0. The number of hydrogen-bond acceptors (Lipinski definition) is 4. The molecule has 20 heavy (non-hydrogen) atoms. The van der Waals surface area contributed by atoms with Crippen molar-refractivity contribution in [2.75, 3.05) is 7.11 Å². The Bertz CT molecular complexity index is 554. The van der Waals surface area contributed by atoms with E-state index in [1.807, 2.05) is 37.3 Å². The molecule has 0 aliphatic carbocycles. The molecule has 5 heteroatoms. The Hall–Kier alpha value is -1.88. The second-order valence-corrected chi connectivity index (χ2v) is 5.65. The number of thioether (sulfide) groups is 1. The SMILES string of the molecule is COc1cccc(SC(C)C(=O)NCc2ccco2)c1. The third kappa shape index (κ3) is 4.06. The molecule has 1 atom stereocenters. The van der Waals surface area contributed by atoms with E-state index in [1.54, 1.807) is 19.4 Å². The van der Waals surface area contributed by atoms with Gasteiger partial charge in [0.2, 0.25) is 5.91 Å². The van der Waals surface area contributed by atoms with Gasteiger partial charge in [-0.05, 0) is 37.3 Å². The van der Waals surface area contributed by atoms with Crippen LogP contribution in [0.4, 0.5) is 0 Å². The minimum Gasteiger partial charge on any atom is -0.497 e. The lowest BCUT2D eigenvalue weighted by molar-refractivity contribution is -0.120. The zero-order valence-corrected chi connectivity index (χ0v) is 12.3. The molecule has 1 unspecified atom stereocenters. The van der Waals surface area contributed by atoms with E-state index in [2.05, 4.69) is 5.32 Å². The largest absolute Gasteiger partial charge is 0.497 e. The predicted molar refractivity (Wildman–Crippen MR) is 78.9 cm³/mol. The van der Waals surface area contributed by atoms with Crippen LogP contribution in [-0.4, -0.2) is 18.3 Å². The number of ether oxygens (including phenoxy) is 1. The monoisotopic (exact) mass is 291 g/mol. The Kier molecular flexibility index (Phi) is 5.12. The van der Waals surface area contributed by atoms with Crippen molar-refractivity contribution in [1.82, 2.24) is 5.32 Å². The van der Waals surface area contributed by atoms with Crippen LogP contribution in [0.5, 0.6) is 5.75 Å². The van der Waals surface area contributed by atoms with Crippen molar-refractivity contribution in [2.24, 2.45) is 0 Å². The van der Waals surface area contributed by atoms with E-state index in [4.69, 9.17) is 9.15 Å². The summed E-state index contributed by atoms with van der Waals surface area (Å²) < 4.78 is 10.3. The molecular formula is C15H17NO3S. The Morgan fingerprint density at radius 2 is 2.25 bits per heavy atom. The van der Waals surface area contributed by atoms with Gasteiger partial charge in [0, 0.05) is 4.90 Å². The van der Waals surface area contributed by atoms with E-state index in [0.717, 1.165) is 16.4 Å². The van der Waals surface area contributed by atoms with Crippen LogP contribution in [0, 0.1) is 0 Å². The van der Waals surface area contributed by atoms with Crippen LogP contribution < -0.4 is 10.1 Å². The molecule has 0 aliphatic heterocycles. The van der Waals surface area contributed by atoms with Gasteiger partial charge in [-0.3, -0.25) is 4.79 Å². The van der Waals surface area contributed by atoms with Crippen LogP contribution >= 0.6 is 11.8 Å². The van der Waals surface area contributed by atoms with E-state index in [0.29, 0.717) is 6.54 Å². The number of nitrogens with one attached hydrogen (secondary N) is 1. The predicted octanol–water partition coefficient (Wildman–Crippen LogP) is 3.09. The molecule has 0 saturated heterocycles. The first-order valence-electron chi connectivity index (χ1n) is 6.30. The lowest BCUT2D eigenvalue weighted by Crippen LogP contribution is -2.30. The Labute approximate surface area is 122 Å². The zero-order valence-electron chi connectivity index (χ0n) is 11.5. The molecule has 2 rings (SSSR count). The molecule has 0 aliphatic rings. The molecule has 0 saturated carbocycles. The first-order valence-corrected chi connectivity index (χ1v) is 7.18. The minimum atomic E-state index is -0.183. The van der Waals surface area contributed by atoms with Crippen molar-refractivity contribution in [3.8, 4) is 5.75 Å². The highest BCUT2D eigenvalue weighted by Crippen LogP contribution is 2.26. The number of hydrogen-bond donors (Lipinski definition) is 1. The summed E-state index contributed by atoms with van der Waals surface area (Å²) in [7, 11) is 1.63. The maximum Gasteiger partial charge on any atom is 0.233 e. The first kappa shape index (κ1) is 14.5. The average molecular weight is 291 g/mol. The van der Waals surface area contributed by atoms with E-state index in [-0.39, 0.29) is 11.2 Å². The second-order valence-electron chi connectivity index (χ2n) is 4.24. The summed E-state index contributed by atoms with van der Waals surface area (Å²) >= 11 is 1.50. The number of amides is 1. The molecule has 0 fully saturated rings. The minimum absolute atomic E-state index is 0.0192. The van der Waals surface area contributed by atoms with E-state index in [1.165, 1.54) is 11.8 Å². The standard InChI is InChI=1S/C15H17NO3S/c1-11(15(17)16-10-13-6-4-8-19-13)20-14-7-3-5-12(9-14)18-2/h3-9,11H,10H2,1-2H3,(H,16,17). The van der Waals surface area contributed by atoms with E-state index in [9.17, 15) is 4.79 Å². The molecule has 0 radical (unpaired) electrons.